The largest absolute Gasteiger partial charge is 0.487 e. The molecule has 0 aliphatic rings. The van der Waals surface area contributed by atoms with E-state index < -0.39 is 0 Å². The number of carbonyl (C=O) groups excluding carboxylic acids is 1. The summed E-state index contributed by atoms with van der Waals surface area (Å²) in [4.78, 5) is 12.9. The molecule has 0 fully saturated rings. The molecule has 1 N–H and O–H groups in total. The van der Waals surface area contributed by atoms with Crippen LogP contribution in [0.1, 0.15) is 27.0 Å². The zero-order valence-corrected chi connectivity index (χ0v) is 20.0. The van der Waals surface area contributed by atoms with Crippen molar-refractivity contribution in [2.75, 3.05) is 5.32 Å². The Hall–Kier alpha value is -4.09. The third-order valence-electron chi connectivity index (χ3n) is 5.76. The Balaban J connectivity index is 1.24. The molecule has 1 amide bonds. The molecule has 5 rings (SSSR count). The van der Waals surface area contributed by atoms with E-state index in [0.717, 1.165) is 11.1 Å². The van der Waals surface area contributed by atoms with Gasteiger partial charge in [0.05, 0.1) is 11.6 Å². The lowest BCUT2D eigenvalue weighted by atomic mass is 10.0. The van der Waals surface area contributed by atoms with E-state index in [2.05, 4.69) is 34.7 Å². The van der Waals surface area contributed by atoms with Gasteiger partial charge in [-0.05, 0) is 58.7 Å². The number of hydrogen-bond acceptors (Lipinski definition) is 3. The zero-order chi connectivity index (χ0) is 24.2. The van der Waals surface area contributed by atoms with Crippen molar-refractivity contribution in [1.29, 1.82) is 0 Å². The summed E-state index contributed by atoms with van der Waals surface area (Å²) in [6.45, 7) is 2.91. The van der Waals surface area contributed by atoms with Crippen LogP contribution in [0, 0.1) is 6.92 Å². The Morgan fingerprint density at radius 2 is 1.80 bits per heavy atom. The van der Waals surface area contributed by atoms with E-state index in [-0.39, 0.29) is 5.91 Å². The minimum absolute atomic E-state index is 0.226. The Kier molecular flexibility index (Phi) is 6.51. The fourth-order valence-electron chi connectivity index (χ4n) is 3.99. The van der Waals surface area contributed by atoms with Crippen molar-refractivity contribution in [3.05, 3.63) is 124 Å². The summed E-state index contributed by atoms with van der Waals surface area (Å²) < 4.78 is 7.69. The lowest BCUT2D eigenvalue weighted by molar-refractivity contribution is 0.102. The van der Waals surface area contributed by atoms with Crippen molar-refractivity contribution in [3.8, 4) is 5.75 Å². The van der Waals surface area contributed by atoms with Crippen molar-refractivity contribution >= 4 is 34.1 Å². The van der Waals surface area contributed by atoms with Gasteiger partial charge in [0.15, 0.2) is 5.82 Å². The second-order valence-corrected chi connectivity index (χ2v) is 8.82. The van der Waals surface area contributed by atoms with E-state index in [0.29, 0.717) is 35.3 Å². The fourth-order valence-corrected chi connectivity index (χ4v) is 4.17. The van der Waals surface area contributed by atoms with Gasteiger partial charge in [-0.25, -0.2) is 0 Å². The van der Waals surface area contributed by atoms with Crippen molar-refractivity contribution < 1.29 is 9.53 Å². The van der Waals surface area contributed by atoms with E-state index in [1.807, 2.05) is 72.4 Å². The molecule has 0 aliphatic heterocycles. The molecule has 174 valence electrons. The number of ether oxygens (including phenoxy) is 1. The molecule has 0 saturated carbocycles. The summed E-state index contributed by atoms with van der Waals surface area (Å²) in [5, 5.41) is 10.4. The van der Waals surface area contributed by atoms with Crippen LogP contribution < -0.4 is 10.1 Å². The molecule has 5 nitrogen and oxygen atoms in total. The summed E-state index contributed by atoms with van der Waals surface area (Å²) in [5.74, 6) is 0.900. The first kappa shape index (κ1) is 22.7. The minimum Gasteiger partial charge on any atom is -0.487 e. The van der Waals surface area contributed by atoms with Crippen LogP contribution >= 0.6 is 11.6 Å². The Morgan fingerprint density at radius 3 is 2.71 bits per heavy atom. The molecule has 1 aromatic heterocycles. The summed E-state index contributed by atoms with van der Waals surface area (Å²) in [6.07, 6.45) is 1.87. The SMILES string of the molecule is Cc1ccc(Cl)c(OCc2cccc(C(=O)Nc3ccn(Cc4cccc5ccccc45)n3)c2)c1. The number of anilines is 1. The summed E-state index contributed by atoms with van der Waals surface area (Å²) in [6, 6.07) is 29.3. The molecule has 35 heavy (non-hydrogen) atoms. The van der Waals surface area contributed by atoms with E-state index in [1.165, 1.54) is 16.3 Å². The highest BCUT2D eigenvalue weighted by atomic mass is 35.5. The monoisotopic (exact) mass is 481 g/mol. The maximum atomic E-state index is 12.9. The highest BCUT2D eigenvalue weighted by Gasteiger charge is 2.10. The van der Waals surface area contributed by atoms with Gasteiger partial charge in [-0.15, -0.1) is 0 Å². The number of rotatable bonds is 7. The number of fused-ring (bicyclic) bond motifs is 1. The third kappa shape index (κ3) is 5.36. The molecular formula is C29H24ClN3O2. The Bertz CT molecular complexity index is 1500. The highest BCUT2D eigenvalue weighted by Crippen LogP contribution is 2.26. The third-order valence-corrected chi connectivity index (χ3v) is 6.08. The van der Waals surface area contributed by atoms with Crippen LogP contribution in [0.5, 0.6) is 5.75 Å². The molecule has 5 aromatic rings. The number of hydrogen-bond donors (Lipinski definition) is 1. The van der Waals surface area contributed by atoms with Crippen molar-refractivity contribution in [2.24, 2.45) is 0 Å². The van der Waals surface area contributed by atoms with Crippen LogP contribution in [-0.4, -0.2) is 15.7 Å². The van der Waals surface area contributed by atoms with Gasteiger partial charge in [0.1, 0.15) is 12.4 Å². The number of benzene rings is 4. The molecule has 0 aliphatic carbocycles. The second-order valence-electron chi connectivity index (χ2n) is 8.41. The van der Waals surface area contributed by atoms with Crippen molar-refractivity contribution in [2.45, 2.75) is 20.1 Å². The normalized spacial score (nSPS) is 10.9. The number of aromatic nitrogens is 2. The van der Waals surface area contributed by atoms with Crippen LogP contribution in [0.3, 0.4) is 0 Å². The minimum atomic E-state index is -0.226. The molecule has 1 heterocycles. The first-order valence-electron chi connectivity index (χ1n) is 11.3. The zero-order valence-electron chi connectivity index (χ0n) is 19.2. The maximum Gasteiger partial charge on any atom is 0.256 e. The first-order chi connectivity index (χ1) is 17.0. The summed E-state index contributed by atoms with van der Waals surface area (Å²) in [7, 11) is 0. The predicted octanol–water partition coefficient (Wildman–Crippen LogP) is 6.88. The van der Waals surface area contributed by atoms with Crippen LogP contribution in [0.2, 0.25) is 5.02 Å². The lowest BCUT2D eigenvalue weighted by Gasteiger charge is -2.10. The number of amides is 1. The molecule has 0 radical (unpaired) electrons. The van der Waals surface area contributed by atoms with Crippen LogP contribution in [0.15, 0.2) is 97.2 Å². The van der Waals surface area contributed by atoms with Crippen molar-refractivity contribution in [1.82, 2.24) is 9.78 Å². The Labute approximate surface area is 208 Å². The molecule has 0 unspecified atom stereocenters. The maximum absolute atomic E-state index is 12.9. The predicted molar refractivity (Wildman–Crippen MR) is 140 cm³/mol. The number of nitrogens with one attached hydrogen (secondary N) is 1. The summed E-state index contributed by atoms with van der Waals surface area (Å²) >= 11 is 6.22. The molecule has 0 atom stereocenters. The molecule has 0 saturated heterocycles. The van der Waals surface area contributed by atoms with Gasteiger partial charge in [-0.1, -0.05) is 72.3 Å². The van der Waals surface area contributed by atoms with Gasteiger partial charge < -0.3 is 10.1 Å². The number of aryl methyl sites for hydroxylation is 1. The molecule has 4 aromatic carbocycles. The van der Waals surface area contributed by atoms with Gasteiger partial charge >= 0.3 is 0 Å². The van der Waals surface area contributed by atoms with Gasteiger partial charge in [-0.3, -0.25) is 9.48 Å². The summed E-state index contributed by atoms with van der Waals surface area (Å²) in [5.41, 5.74) is 3.64. The quantitative estimate of drug-likeness (QED) is 0.275. The number of carbonyl (C=O) groups is 1. The fraction of sp³-hybridized carbons (Fsp3) is 0.103. The van der Waals surface area contributed by atoms with Gasteiger partial charge in [-0.2, -0.15) is 5.10 Å². The molecular weight excluding hydrogens is 458 g/mol. The van der Waals surface area contributed by atoms with Crippen LogP contribution in [0.4, 0.5) is 5.82 Å². The average molecular weight is 482 g/mol. The Morgan fingerprint density at radius 1 is 0.971 bits per heavy atom. The number of halogens is 1. The van der Waals surface area contributed by atoms with Gasteiger partial charge in [0.2, 0.25) is 0 Å². The smallest absolute Gasteiger partial charge is 0.256 e. The van der Waals surface area contributed by atoms with Crippen LogP contribution in [0.25, 0.3) is 10.8 Å². The lowest BCUT2D eigenvalue weighted by Crippen LogP contribution is -2.13. The standard InChI is InChI=1S/C29H24ClN3O2/c1-20-12-13-26(30)27(16-20)35-19-21-6-4-9-23(17-21)29(34)31-28-14-15-33(32-28)18-24-10-5-8-22-7-2-3-11-25(22)24/h2-17H,18-19H2,1H3,(H,31,32,34). The van der Waals surface area contributed by atoms with E-state index in [4.69, 9.17) is 16.3 Å². The van der Waals surface area contributed by atoms with Crippen LogP contribution in [-0.2, 0) is 13.2 Å². The van der Waals surface area contributed by atoms with Gasteiger partial charge in [0.25, 0.3) is 5.91 Å². The van der Waals surface area contributed by atoms with E-state index >= 15 is 0 Å². The first-order valence-corrected chi connectivity index (χ1v) is 11.7. The van der Waals surface area contributed by atoms with Gasteiger partial charge in [0, 0.05) is 17.8 Å². The number of nitrogens with zero attached hydrogens (tertiary/aromatic N) is 2. The van der Waals surface area contributed by atoms with E-state index in [1.54, 1.807) is 12.1 Å². The van der Waals surface area contributed by atoms with Crippen molar-refractivity contribution in [3.63, 3.8) is 0 Å². The molecule has 0 spiro atoms. The topological polar surface area (TPSA) is 56.1 Å². The molecule has 6 heteroatoms. The second kappa shape index (κ2) is 10.0. The molecule has 0 bridgehead atoms. The van der Waals surface area contributed by atoms with E-state index in [9.17, 15) is 4.79 Å². The highest BCUT2D eigenvalue weighted by molar-refractivity contribution is 6.32. The average Bonchev–Trinajstić information content (AvgIpc) is 3.31.